The molecule has 0 saturated carbocycles. The maximum absolute atomic E-state index is 12.5. The molecule has 2 N–H and O–H groups in total. The van der Waals surface area contributed by atoms with Gasteiger partial charge >= 0.3 is 0 Å². The minimum atomic E-state index is 0.0451. The van der Waals surface area contributed by atoms with Crippen LogP contribution in [-0.2, 0) is 24.4 Å². The zero-order chi connectivity index (χ0) is 17.4. The second-order valence-corrected chi connectivity index (χ2v) is 7.13. The molecule has 0 saturated heterocycles. The summed E-state index contributed by atoms with van der Waals surface area (Å²) in [7, 11) is 0. The molecule has 0 atom stereocenters. The molecule has 0 fully saturated rings. The number of hydrogen-bond donors (Lipinski definition) is 2. The first-order valence-electron chi connectivity index (χ1n) is 8.15. The van der Waals surface area contributed by atoms with Crippen LogP contribution in [0.3, 0.4) is 0 Å². The maximum Gasteiger partial charge on any atom is 0.233 e. The van der Waals surface area contributed by atoms with Gasteiger partial charge in [0.1, 0.15) is 0 Å². The van der Waals surface area contributed by atoms with Crippen LogP contribution in [0.1, 0.15) is 16.8 Å². The Labute approximate surface area is 149 Å². The lowest BCUT2D eigenvalue weighted by atomic mass is 10.2. The lowest BCUT2D eigenvalue weighted by molar-refractivity contribution is -0.129. The molecule has 1 aliphatic rings. The molecular weight excluding hydrogens is 338 g/mol. The number of nitrogens with one attached hydrogen (secondary N) is 1. The van der Waals surface area contributed by atoms with Gasteiger partial charge in [-0.15, -0.1) is 0 Å². The number of aliphatic hydroxyl groups is 1. The summed E-state index contributed by atoms with van der Waals surface area (Å²) in [5, 5.41) is 14.1. The van der Waals surface area contributed by atoms with Gasteiger partial charge < -0.3 is 15.0 Å². The Balaban J connectivity index is 1.39. The highest BCUT2D eigenvalue weighted by molar-refractivity contribution is 7.99. The zero-order valence-corrected chi connectivity index (χ0v) is 14.7. The van der Waals surface area contributed by atoms with Crippen molar-refractivity contribution in [1.82, 2.24) is 24.6 Å². The van der Waals surface area contributed by atoms with E-state index in [4.69, 9.17) is 5.11 Å². The number of carbonyl (C=O) groups is 1. The van der Waals surface area contributed by atoms with Crippen molar-refractivity contribution in [2.24, 2.45) is 0 Å². The number of rotatable bonds is 5. The Morgan fingerprint density at radius 3 is 3.12 bits per heavy atom. The van der Waals surface area contributed by atoms with Crippen molar-refractivity contribution in [3.05, 3.63) is 41.2 Å². The molecule has 2 aromatic heterocycles. The maximum atomic E-state index is 12.5. The molecule has 7 nitrogen and oxygen atoms in total. The van der Waals surface area contributed by atoms with E-state index in [0.717, 1.165) is 27.4 Å². The Bertz CT molecular complexity index is 932. The van der Waals surface area contributed by atoms with Crippen LogP contribution in [0.15, 0.2) is 29.6 Å². The molecule has 1 amide bonds. The molecule has 3 heterocycles. The van der Waals surface area contributed by atoms with Crippen LogP contribution in [0.5, 0.6) is 0 Å². The van der Waals surface area contributed by atoms with Crippen LogP contribution in [0.25, 0.3) is 11.0 Å². The zero-order valence-electron chi connectivity index (χ0n) is 13.9. The number of aryl methyl sites for hydroxylation is 1. The number of nitrogens with zero attached hydrogens (tertiary/aromatic N) is 4. The summed E-state index contributed by atoms with van der Waals surface area (Å²) in [6.45, 7) is 3.68. The highest BCUT2D eigenvalue weighted by Crippen LogP contribution is 2.25. The highest BCUT2D eigenvalue weighted by atomic mass is 32.2. The summed E-state index contributed by atoms with van der Waals surface area (Å²) in [5.74, 6) is 0.421. The average molecular weight is 357 g/mol. The predicted octanol–water partition coefficient (Wildman–Crippen LogP) is 1.69. The Kier molecular flexibility index (Phi) is 4.22. The van der Waals surface area contributed by atoms with Crippen LogP contribution in [0, 0.1) is 6.92 Å². The first-order chi connectivity index (χ1) is 12.1. The standard InChI is InChI=1S/C17H19N5O2S/c1-11-2-3-13-14(6-11)20-17(19-13)25-10-16(24)21-8-12-7-18-22(4-5-23)15(12)9-21/h2-3,6-7,23H,4-5,8-10H2,1H3,(H,19,20). The smallest absolute Gasteiger partial charge is 0.233 e. The van der Waals surface area contributed by atoms with Crippen molar-refractivity contribution < 1.29 is 9.90 Å². The minimum absolute atomic E-state index is 0.0451. The van der Waals surface area contributed by atoms with Gasteiger partial charge in [0, 0.05) is 12.1 Å². The number of imidazole rings is 1. The molecule has 25 heavy (non-hydrogen) atoms. The third kappa shape index (κ3) is 3.14. The average Bonchev–Trinajstić information content (AvgIpc) is 3.27. The topological polar surface area (TPSA) is 87.0 Å². The van der Waals surface area contributed by atoms with E-state index in [1.807, 2.05) is 24.0 Å². The number of aromatic amines is 1. The molecule has 3 aromatic rings. The van der Waals surface area contributed by atoms with Crippen molar-refractivity contribution in [1.29, 1.82) is 0 Å². The van der Waals surface area contributed by atoms with E-state index < -0.39 is 0 Å². The van der Waals surface area contributed by atoms with Crippen LogP contribution >= 0.6 is 11.8 Å². The van der Waals surface area contributed by atoms with E-state index >= 15 is 0 Å². The van der Waals surface area contributed by atoms with Gasteiger partial charge in [0.15, 0.2) is 5.16 Å². The summed E-state index contributed by atoms with van der Waals surface area (Å²) in [4.78, 5) is 22.1. The van der Waals surface area contributed by atoms with E-state index in [0.29, 0.717) is 25.4 Å². The molecule has 1 aliphatic heterocycles. The molecule has 0 spiro atoms. The number of thioether (sulfide) groups is 1. The van der Waals surface area contributed by atoms with Crippen molar-refractivity contribution in [3.63, 3.8) is 0 Å². The second-order valence-electron chi connectivity index (χ2n) is 6.16. The fraction of sp³-hybridized carbons (Fsp3) is 0.353. The fourth-order valence-electron chi connectivity index (χ4n) is 3.06. The number of aromatic nitrogens is 4. The third-order valence-corrected chi connectivity index (χ3v) is 5.21. The number of amides is 1. The normalized spacial score (nSPS) is 13.6. The van der Waals surface area contributed by atoms with Gasteiger partial charge in [0.05, 0.1) is 48.4 Å². The highest BCUT2D eigenvalue weighted by Gasteiger charge is 2.27. The Hall–Kier alpha value is -2.32. The van der Waals surface area contributed by atoms with Gasteiger partial charge in [0.2, 0.25) is 5.91 Å². The van der Waals surface area contributed by atoms with Crippen LogP contribution in [0.2, 0.25) is 0 Å². The van der Waals surface area contributed by atoms with Gasteiger partial charge in [0.25, 0.3) is 0 Å². The van der Waals surface area contributed by atoms with E-state index in [9.17, 15) is 4.79 Å². The van der Waals surface area contributed by atoms with Crippen molar-refractivity contribution in [2.75, 3.05) is 12.4 Å². The number of benzene rings is 1. The summed E-state index contributed by atoms with van der Waals surface area (Å²) in [6, 6.07) is 6.06. The van der Waals surface area contributed by atoms with Gasteiger partial charge in [-0.1, -0.05) is 17.8 Å². The lowest BCUT2D eigenvalue weighted by Crippen LogP contribution is -2.28. The first kappa shape index (κ1) is 16.2. The number of hydrogen-bond acceptors (Lipinski definition) is 5. The summed E-state index contributed by atoms with van der Waals surface area (Å²) in [6.07, 6.45) is 1.78. The molecule has 4 rings (SSSR count). The van der Waals surface area contributed by atoms with Crippen molar-refractivity contribution in [3.8, 4) is 0 Å². The molecule has 0 aliphatic carbocycles. The fourth-order valence-corrected chi connectivity index (χ4v) is 3.85. The van der Waals surface area contributed by atoms with Gasteiger partial charge in [-0.25, -0.2) is 4.98 Å². The van der Waals surface area contributed by atoms with Crippen molar-refractivity contribution >= 4 is 28.7 Å². The number of fused-ring (bicyclic) bond motifs is 2. The number of aliphatic hydroxyl groups excluding tert-OH is 1. The minimum Gasteiger partial charge on any atom is -0.394 e. The van der Waals surface area contributed by atoms with Crippen molar-refractivity contribution in [2.45, 2.75) is 31.7 Å². The first-order valence-corrected chi connectivity index (χ1v) is 9.14. The van der Waals surface area contributed by atoms with Gasteiger partial charge in [-0.05, 0) is 24.6 Å². The van der Waals surface area contributed by atoms with E-state index in [1.54, 1.807) is 10.9 Å². The van der Waals surface area contributed by atoms with E-state index in [2.05, 4.69) is 21.1 Å². The quantitative estimate of drug-likeness (QED) is 0.679. The predicted molar refractivity (Wildman–Crippen MR) is 95.1 cm³/mol. The molecule has 130 valence electrons. The summed E-state index contributed by atoms with van der Waals surface area (Å²) < 4.78 is 1.78. The lowest BCUT2D eigenvalue weighted by Gasteiger charge is -2.15. The summed E-state index contributed by atoms with van der Waals surface area (Å²) >= 11 is 1.42. The second kappa shape index (κ2) is 6.53. The summed E-state index contributed by atoms with van der Waals surface area (Å²) in [5.41, 5.74) is 5.17. The third-order valence-electron chi connectivity index (χ3n) is 4.35. The van der Waals surface area contributed by atoms with E-state index in [-0.39, 0.29) is 12.5 Å². The molecule has 0 radical (unpaired) electrons. The number of carbonyl (C=O) groups excluding carboxylic acids is 1. The molecule has 1 aromatic carbocycles. The molecule has 0 unspecified atom stereocenters. The van der Waals surface area contributed by atoms with E-state index in [1.165, 1.54) is 17.3 Å². The number of H-pyrrole nitrogens is 1. The molecule has 0 bridgehead atoms. The molecular formula is C17H19N5O2S. The Morgan fingerprint density at radius 1 is 1.40 bits per heavy atom. The van der Waals surface area contributed by atoms with Crippen LogP contribution in [0.4, 0.5) is 0 Å². The SMILES string of the molecule is Cc1ccc2nc(SCC(=O)N3Cc4cnn(CCO)c4C3)[nH]c2c1. The van der Waals surface area contributed by atoms with Gasteiger partial charge in [-0.3, -0.25) is 9.48 Å². The Morgan fingerprint density at radius 2 is 2.28 bits per heavy atom. The van der Waals surface area contributed by atoms with Crippen LogP contribution < -0.4 is 0 Å². The largest absolute Gasteiger partial charge is 0.394 e. The van der Waals surface area contributed by atoms with Crippen LogP contribution in [-0.4, -0.2) is 48.0 Å². The molecule has 8 heteroatoms. The monoisotopic (exact) mass is 357 g/mol. The van der Waals surface area contributed by atoms with Gasteiger partial charge in [-0.2, -0.15) is 5.10 Å².